The summed E-state index contributed by atoms with van der Waals surface area (Å²) in [5, 5.41) is 13.0. The second-order valence-corrected chi connectivity index (χ2v) is 4.34. The number of phenols is 1. The average molecular weight is 234 g/mol. The van der Waals surface area contributed by atoms with Gasteiger partial charge in [0.1, 0.15) is 11.9 Å². The van der Waals surface area contributed by atoms with Crippen LogP contribution in [-0.4, -0.2) is 36.4 Å². The molecule has 0 radical (unpaired) electrons. The molecule has 2 heterocycles. The Morgan fingerprint density at radius 1 is 1.41 bits per heavy atom. The lowest BCUT2D eigenvalue weighted by Gasteiger charge is -2.28. The molecule has 2 fully saturated rings. The highest BCUT2D eigenvalue weighted by molar-refractivity contribution is 5.92. The smallest absolute Gasteiger partial charge is 0.415 e. The van der Waals surface area contributed by atoms with Gasteiger partial charge in [0.05, 0.1) is 11.7 Å². The van der Waals surface area contributed by atoms with Gasteiger partial charge in [0.15, 0.2) is 0 Å². The van der Waals surface area contributed by atoms with Crippen molar-refractivity contribution in [3.63, 3.8) is 0 Å². The molecular formula is C12H14N2O3. The fraction of sp³-hybridized carbons (Fsp3) is 0.417. The Morgan fingerprint density at radius 2 is 2.24 bits per heavy atom. The Morgan fingerprint density at radius 3 is 3.06 bits per heavy atom. The largest absolute Gasteiger partial charge is 0.506 e. The molecular weight excluding hydrogens is 220 g/mol. The van der Waals surface area contributed by atoms with Crippen molar-refractivity contribution in [2.45, 2.75) is 18.6 Å². The zero-order chi connectivity index (χ0) is 11.8. The Labute approximate surface area is 99.0 Å². The number of anilines is 1. The number of nitrogens with zero attached hydrogens (tertiary/aromatic N) is 1. The van der Waals surface area contributed by atoms with Crippen LogP contribution in [-0.2, 0) is 4.74 Å². The standard InChI is InChI=1S/C12H14N2O3/c15-10-4-2-1-3-8(10)14-9-7-13-6-5-11(9)17-12(14)16/h1-4,9,11,13,15H,5-7H2. The first-order chi connectivity index (χ1) is 8.27. The van der Waals surface area contributed by atoms with Crippen LogP contribution in [0.1, 0.15) is 6.42 Å². The molecule has 5 heteroatoms. The van der Waals surface area contributed by atoms with Gasteiger partial charge in [-0.05, 0) is 25.1 Å². The van der Waals surface area contributed by atoms with Crippen LogP contribution in [0.15, 0.2) is 24.3 Å². The number of carbonyl (C=O) groups excluding carboxylic acids is 1. The van der Waals surface area contributed by atoms with E-state index in [-0.39, 0.29) is 24.0 Å². The van der Waals surface area contributed by atoms with Crippen molar-refractivity contribution in [2.24, 2.45) is 0 Å². The molecule has 0 saturated carbocycles. The van der Waals surface area contributed by atoms with Gasteiger partial charge < -0.3 is 15.2 Å². The number of piperidine rings is 1. The second-order valence-electron chi connectivity index (χ2n) is 4.34. The molecule has 3 rings (SSSR count). The summed E-state index contributed by atoms with van der Waals surface area (Å²) in [6.45, 7) is 1.56. The normalized spacial score (nSPS) is 27.8. The molecule has 2 aliphatic rings. The predicted molar refractivity (Wildman–Crippen MR) is 62.1 cm³/mol. The molecule has 1 aromatic rings. The summed E-state index contributed by atoms with van der Waals surface area (Å²) in [5.41, 5.74) is 0.522. The van der Waals surface area contributed by atoms with Crippen molar-refractivity contribution in [1.82, 2.24) is 5.32 Å². The first-order valence-electron chi connectivity index (χ1n) is 5.76. The highest BCUT2D eigenvalue weighted by Crippen LogP contribution is 2.34. The van der Waals surface area contributed by atoms with Crippen LogP contribution >= 0.6 is 0 Å². The van der Waals surface area contributed by atoms with E-state index in [0.29, 0.717) is 12.2 Å². The summed E-state index contributed by atoms with van der Waals surface area (Å²) in [6, 6.07) is 6.81. The molecule has 1 aromatic carbocycles. The van der Waals surface area contributed by atoms with Crippen molar-refractivity contribution >= 4 is 11.8 Å². The van der Waals surface area contributed by atoms with Crippen molar-refractivity contribution in [3.05, 3.63) is 24.3 Å². The van der Waals surface area contributed by atoms with Crippen LogP contribution in [0.2, 0.25) is 0 Å². The predicted octanol–water partition coefficient (Wildman–Crippen LogP) is 1.08. The zero-order valence-electron chi connectivity index (χ0n) is 9.30. The topological polar surface area (TPSA) is 61.8 Å². The third-order valence-corrected chi connectivity index (χ3v) is 3.31. The van der Waals surface area contributed by atoms with Crippen LogP contribution in [0.4, 0.5) is 10.5 Å². The number of para-hydroxylation sites is 2. The van der Waals surface area contributed by atoms with Gasteiger partial charge in [-0.3, -0.25) is 4.90 Å². The van der Waals surface area contributed by atoms with Crippen LogP contribution in [0.3, 0.4) is 0 Å². The number of phenolic OH excluding ortho intramolecular Hbond substituents is 1. The molecule has 0 spiro atoms. The van der Waals surface area contributed by atoms with E-state index in [9.17, 15) is 9.90 Å². The number of hydrogen-bond acceptors (Lipinski definition) is 4. The van der Waals surface area contributed by atoms with Crippen LogP contribution < -0.4 is 10.2 Å². The van der Waals surface area contributed by atoms with Gasteiger partial charge in [-0.25, -0.2) is 4.79 Å². The zero-order valence-corrected chi connectivity index (χ0v) is 9.30. The molecule has 5 nitrogen and oxygen atoms in total. The average Bonchev–Trinajstić information content (AvgIpc) is 2.66. The molecule has 2 unspecified atom stereocenters. The van der Waals surface area contributed by atoms with Gasteiger partial charge in [-0.2, -0.15) is 0 Å². The highest BCUT2D eigenvalue weighted by Gasteiger charge is 2.44. The summed E-state index contributed by atoms with van der Waals surface area (Å²) in [4.78, 5) is 13.4. The number of hydrogen-bond donors (Lipinski definition) is 2. The second kappa shape index (κ2) is 3.92. The maximum absolute atomic E-state index is 11.9. The first-order valence-corrected chi connectivity index (χ1v) is 5.76. The molecule has 90 valence electrons. The number of carbonyl (C=O) groups is 1. The molecule has 1 amide bonds. The summed E-state index contributed by atoms with van der Waals surface area (Å²) in [7, 11) is 0. The molecule has 0 aromatic heterocycles. The van der Waals surface area contributed by atoms with E-state index in [2.05, 4.69) is 5.32 Å². The minimum atomic E-state index is -0.370. The molecule has 0 aliphatic carbocycles. The first kappa shape index (κ1) is 10.4. The summed E-state index contributed by atoms with van der Waals surface area (Å²) >= 11 is 0. The number of ether oxygens (including phenoxy) is 1. The molecule has 2 atom stereocenters. The fourth-order valence-corrected chi connectivity index (χ4v) is 2.48. The Kier molecular flexibility index (Phi) is 2.40. The lowest BCUT2D eigenvalue weighted by atomic mass is 10.0. The van der Waals surface area contributed by atoms with Crippen molar-refractivity contribution in [2.75, 3.05) is 18.0 Å². The van der Waals surface area contributed by atoms with Gasteiger partial charge >= 0.3 is 6.09 Å². The maximum atomic E-state index is 11.9. The van der Waals surface area contributed by atoms with E-state index in [1.54, 1.807) is 29.2 Å². The maximum Gasteiger partial charge on any atom is 0.415 e. The quantitative estimate of drug-likeness (QED) is 0.763. The van der Waals surface area contributed by atoms with E-state index in [1.165, 1.54) is 0 Å². The Balaban J connectivity index is 1.96. The number of benzene rings is 1. The van der Waals surface area contributed by atoms with Gasteiger partial charge in [-0.1, -0.05) is 12.1 Å². The Hall–Kier alpha value is -1.75. The van der Waals surface area contributed by atoms with E-state index in [4.69, 9.17) is 4.74 Å². The van der Waals surface area contributed by atoms with Gasteiger partial charge in [0.25, 0.3) is 0 Å². The number of nitrogens with one attached hydrogen (secondary N) is 1. The SMILES string of the molecule is O=C1OC2CCNCC2N1c1ccccc1O. The summed E-state index contributed by atoms with van der Waals surface area (Å²) < 4.78 is 5.32. The summed E-state index contributed by atoms with van der Waals surface area (Å²) in [5.74, 6) is 0.107. The van der Waals surface area contributed by atoms with Gasteiger partial charge in [-0.15, -0.1) is 0 Å². The van der Waals surface area contributed by atoms with Crippen molar-refractivity contribution in [1.29, 1.82) is 0 Å². The third kappa shape index (κ3) is 1.63. The lowest BCUT2D eigenvalue weighted by molar-refractivity contribution is 0.117. The number of aromatic hydroxyl groups is 1. The summed E-state index contributed by atoms with van der Waals surface area (Å²) in [6.07, 6.45) is 0.383. The number of amides is 1. The highest BCUT2D eigenvalue weighted by atomic mass is 16.6. The van der Waals surface area contributed by atoms with Gasteiger partial charge in [0, 0.05) is 6.54 Å². The molecule has 2 aliphatic heterocycles. The Bertz CT molecular complexity index is 449. The molecule has 17 heavy (non-hydrogen) atoms. The third-order valence-electron chi connectivity index (χ3n) is 3.31. The monoisotopic (exact) mass is 234 g/mol. The van der Waals surface area contributed by atoms with Crippen molar-refractivity contribution < 1.29 is 14.6 Å². The lowest BCUT2D eigenvalue weighted by Crippen LogP contribution is -2.49. The van der Waals surface area contributed by atoms with Crippen LogP contribution in [0, 0.1) is 0 Å². The van der Waals surface area contributed by atoms with Gasteiger partial charge in [0.2, 0.25) is 0 Å². The minimum Gasteiger partial charge on any atom is -0.506 e. The van der Waals surface area contributed by atoms with Crippen LogP contribution in [0.5, 0.6) is 5.75 Å². The van der Waals surface area contributed by atoms with E-state index in [0.717, 1.165) is 13.0 Å². The number of fused-ring (bicyclic) bond motifs is 1. The fourth-order valence-electron chi connectivity index (χ4n) is 2.48. The van der Waals surface area contributed by atoms with E-state index < -0.39 is 0 Å². The van der Waals surface area contributed by atoms with Crippen LogP contribution in [0.25, 0.3) is 0 Å². The van der Waals surface area contributed by atoms with E-state index >= 15 is 0 Å². The van der Waals surface area contributed by atoms with E-state index in [1.807, 2.05) is 0 Å². The number of rotatable bonds is 1. The molecule has 2 N–H and O–H groups in total. The molecule has 0 bridgehead atoms. The molecule has 2 saturated heterocycles. The minimum absolute atomic E-state index is 0.0236. The van der Waals surface area contributed by atoms with Crippen molar-refractivity contribution in [3.8, 4) is 5.75 Å².